The van der Waals surface area contributed by atoms with Gasteiger partial charge in [0.25, 0.3) is 8.32 Å². The van der Waals surface area contributed by atoms with Gasteiger partial charge in [-0.1, -0.05) is 99.6 Å². The molecule has 3 aromatic rings. The summed E-state index contributed by atoms with van der Waals surface area (Å²) in [5, 5.41) is 2.48. The van der Waals surface area contributed by atoms with Crippen molar-refractivity contribution in [3.8, 4) is 0 Å². The second-order valence-corrected chi connectivity index (χ2v) is 18.4. The highest BCUT2D eigenvalue weighted by atomic mass is 28.4. The fourth-order valence-corrected chi connectivity index (χ4v) is 12.9. The van der Waals surface area contributed by atoms with Gasteiger partial charge in [-0.3, -0.25) is 0 Å². The molecule has 3 aliphatic rings. The average molecular weight is 599 g/mol. The molecular formula is C37H46O5Si. The Morgan fingerprint density at radius 2 is 1.42 bits per heavy atom. The maximum atomic E-state index is 13.4. The van der Waals surface area contributed by atoms with E-state index in [1.54, 1.807) is 0 Å². The third-order valence-electron chi connectivity index (χ3n) is 9.97. The Kier molecular flexibility index (Phi) is 8.18. The molecule has 1 unspecified atom stereocenters. The third-order valence-corrected chi connectivity index (χ3v) is 15.0. The molecule has 5 nitrogen and oxygen atoms in total. The Bertz CT molecular complexity index is 1350. The summed E-state index contributed by atoms with van der Waals surface area (Å²) in [4.78, 5) is 13.4. The van der Waals surface area contributed by atoms with Crippen molar-refractivity contribution in [2.45, 2.75) is 95.4 Å². The largest absolute Gasteiger partial charge is 0.456 e. The summed E-state index contributed by atoms with van der Waals surface area (Å²) in [6.45, 7) is 11.6. The molecule has 1 spiro atoms. The molecule has 228 valence electrons. The Morgan fingerprint density at radius 1 is 0.837 bits per heavy atom. The quantitative estimate of drug-likeness (QED) is 0.219. The molecule has 0 N–H and O–H groups in total. The molecule has 1 heterocycles. The number of carbonyl (C=O) groups is 1. The fourth-order valence-electron chi connectivity index (χ4n) is 8.32. The van der Waals surface area contributed by atoms with E-state index in [-0.39, 0.29) is 35.1 Å². The first-order valence-electron chi connectivity index (χ1n) is 16.0. The Balaban J connectivity index is 1.35. The van der Waals surface area contributed by atoms with Crippen LogP contribution in [0.2, 0.25) is 5.04 Å². The monoisotopic (exact) mass is 598 g/mol. The fraction of sp³-hybridized carbons (Fsp3) is 0.486. The SMILES string of the molecule is CC1(C)O[C@@H]2CC[C@@H](CO[Si](c3ccccc3)(c3ccccc3)C(C)(C)C)C3CCC[C@H](OC(=O)c4ccccc4)[C@]32O1. The van der Waals surface area contributed by atoms with E-state index in [9.17, 15) is 4.79 Å². The van der Waals surface area contributed by atoms with Gasteiger partial charge >= 0.3 is 5.97 Å². The van der Waals surface area contributed by atoms with Gasteiger partial charge in [0.1, 0.15) is 11.7 Å². The first-order valence-corrected chi connectivity index (χ1v) is 17.9. The molecule has 0 radical (unpaired) electrons. The maximum Gasteiger partial charge on any atom is 0.338 e. The lowest BCUT2D eigenvalue weighted by atomic mass is 9.60. The first-order chi connectivity index (χ1) is 20.6. The number of esters is 1. The molecule has 3 aromatic carbocycles. The lowest BCUT2D eigenvalue weighted by molar-refractivity contribution is -0.223. The minimum absolute atomic E-state index is 0.0974. The summed E-state index contributed by atoms with van der Waals surface area (Å²) < 4.78 is 27.3. The number of carbonyl (C=O) groups excluding carboxylic acids is 1. The van der Waals surface area contributed by atoms with Crippen molar-refractivity contribution < 1.29 is 23.4 Å². The average Bonchev–Trinajstić information content (AvgIpc) is 3.28. The van der Waals surface area contributed by atoms with E-state index in [1.807, 2.05) is 44.2 Å². The molecule has 3 fully saturated rings. The summed E-state index contributed by atoms with van der Waals surface area (Å²) in [6, 6.07) is 31.0. The van der Waals surface area contributed by atoms with Gasteiger partial charge in [-0.2, -0.15) is 0 Å². The predicted octanol–water partition coefficient (Wildman–Crippen LogP) is 6.89. The molecule has 2 aliphatic carbocycles. The molecule has 1 aliphatic heterocycles. The lowest BCUT2D eigenvalue weighted by Gasteiger charge is -2.54. The summed E-state index contributed by atoms with van der Waals surface area (Å²) in [6.07, 6.45) is 4.11. The van der Waals surface area contributed by atoms with Gasteiger partial charge in [-0.15, -0.1) is 0 Å². The molecule has 43 heavy (non-hydrogen) atoms. The molecule has 2 saturated carbocycles. The van der Waals surface area contributed by atoms with Crippen LogP contribution in [0.3, 0.4) is 0 Å². The van der Waals surface area contributed by atoms with Crippen molar-refractivity contribution >= 4 is 24.7 Å². The van der Waals surface area contributed by atoms with Crippen LogP contribution < -0.4 is 10.4 Å². The zero-order valence-corrected chi connectivity index (χ0v) is 27.3. The van der Waals surface area contributed by atoms with E-state index >= 15 is 0 Å². The zero-order valence-electron chi connectivity index (χ0n) is 26.3. The van der Waals surface area contributed by atoms with Crippen molar-refractivity contribution in [2.75, 3.05) is 6.61 Å². The second kappa shape index (κ2) is 11.6. The number of rotatable bonds is 7. The van der Waals surface area contributed by atoms with Crippen LogP contribution in [0.4, 0.5) is 0 Å². The van der Waals surface area contributed by atoms with Crippen LogP contribution in [0.15, 0.2) is 91.0 Å². The molecule has 0 amide bonds. The van der Waals surface area contributed by atoms with Gasteiger partial charge in [0.2, 0.25) is 0 Å². The maximum absolute atomic E-state index is 13.4. The molecule has 6 heteroatoms. The Hall–Kier alpha value is -2.77. The van der Waals surface area contributed by atoms with E-state index in [0.29, 0.717) is 12.2 Å². The molecular weight excluding hydrogens is 552 g/mol. The first kappa shape index (κ1) is 30.3. The standard InChI is InChI=1S/C37H46O5Si/c1-35(2,3)43(29-18-11-7-12-19-29,30-20-13-8-14-21-30)39-26-28-24-25-33-37(42-36(4,5)41-33)31(28)22-15-23-32(37)40-34(38)27-16-9-6-10-17-27/h6-14,16-21,28,31-33H,15,22-26H2,1-5H3/t28-,31?,32-,33+,37+/m0/s1. The van der Waals surface area contributed by atoms with E-state index in [1.165, 1.54) is 10.4 Å². The molecule has 5 atom stereocenters. The van der Waals surface area contributed by atoms with Crippen LogP contribution in [0, 0.1) is 11.8 Å². The highest BCUT2D eigenvalue weighted by Gasteiger charge is 2.67. The van der Waals surface area contributed by atoms with Crippen molar-refractivity contribution in [1.29, 1.82) is 0 Å². The van der Waals surface area contributed by atoms with Crippen LogP contribution >= 0.6 is 0 Å². The highest BCUT2D eigenvalue weighted by Crippen LogP contribution is 2.57. The van der Waals surface area contributed by atoms with E-state index in [4.69, 9.17) is 18.6 Å². The van der Waals surface area contributed by atoms with E-state index in [2.05, 4.69) is 81.4 Å². The van der Waals surface area contributed by atoms with Crippen molar-refractivity contribution in [2.24, 2.45) is 11.8 Å². The Morgan fingerprint density at radius 3 is 2.00 bits per heavy atom. The molecule has 0 aromatic heterocycles. The zero-order chi connectivity index (χ0) is 30.3. The van der Waals surface area contributed by atoms with Gasteiger partial charge in [0.05, 0.1) is 11.7 Å². The highest BCUT2D eigenvalue weighted by molar-refractivity contribution is 6.99. The molecule has 1 saturated heterocycles. The smallest absolute Gasteiger partial charge is 0.338 e. The number of ether oxygens (including phenoxy) is 3. The minimum Gasteiger partial charge on any atom is -0.456 e. The van der Waals surface area contributed by atoms with Gasteiger partial charge in [-0.25, -0.2) is 4.79 Å². The predicted molar refractivity (Wildman–Crippen MR) is 172 cm³/mol. The number of hydrogen-bond donors (Lipinski definition) is 0. The van der Waals surface area contributed by atoms with Gasteiger partial charge in [-0.05, 0) is 85.3 Å². The van der Waals surface area contributed by atoms with Crippen LogP contribution in [0.25, 0.3) is 0 Å². The number of hydrogen-bond acceptors (Lipinski definition) is 5. The summed E-state index contributed by atoms with van der Waals surface area (Å²) in [5.74, 6) is -0.619. The van der Waals surface area contributed by atoms with Gasteiger partial charge in [0.15, 0.2) is 5.79 Å². The molecule has 6 rings (SSSR count). The van der Waals surface area contributed by atoms with Gasteiger partial charge < -0.3 is 18.6 Å². The normalized spacial score (nSPS) is 28.5. The van der Waals surface area contributed by atoms with Crippen molar-refractivity contribution in [3.05, 3.63) is 96.6 Å². The van der Waals surface area contributed by atoms with Crippen LogP contribution in [-0.4, -0.2) is 44.5 Å². The Labute approximate surface area is 258 Å². The molecule has 0 bridgehead atoms. The van der Waals surface area contributed by atoms with Crippen molar-refractivity contribution in [1.82, 2.24) is 0 Å². The number of benzene rings is 3. The van der Waals surface area contributed by atoms with Crippen LogP contribution in [0.1, 0.15) is 77.1 Å². The minimum atomic E-state index is -2.70. The van der Waals surface area contributed by atoms with Crippen molar-refractivity contribution in [3.63, 3.8) is 0 Å². The second-order valence-electron chi connectivity index (χ2n) is 14.1. The summed E-state index contributed by atoms with van der Waals surface area (Å²) in [7, 11) is -2.70. The van der Waals surface area contributed by atoms with E-state index < -0.39 is 19.7 Å². The lowest BCUT2D eigenvalue weighted by Crippen LogP contribution is -2.68. The topological polar surface area (TPSA) is 54.0 Å². The summed E-state index contributed by atoms with van der Waals surface area (Å²) >= 11 is 0. The van der Waals surface area contributed by atoms with Crippen LogP contribution in [-0.2, 0) is 18.6 Å². The van der Waals surface area contributed by atoms with Crippen LogP contribution in [0.5, 0.6) is 0 Å². The van der Waals surface area contributed by atoms with Gasteiger partial charge in [0, 0.05) is 6.61 Å². The summed E-state index contributed by atoms with van der Waals surface area (Å²) in [5.41, 5.74) is -0.123. The van der Waals surface area contributed by atoms with E-state index in [0.717, 1.165) is 32.1 Å². The third kappa shape index (κ3) is 5.41.